The normalized spacial score (nSPS) is 11.4. The molecule has 1 aromatic carbocycles. The summed E-state index contributed by atoms with van der Waals surface area (Å²) in [7, 11) is 0.991. The summed E-state index contributed by atoms with van der Waals surface area (Å²) in [5.74, 6) is -2.96. The van der Waals surface area contributed by atoms with E-state index in [0.717, 1.165) is 13.2 Å². The summed E-state index contributed by atoms with van der Waals surface area (Å²) in [6, 6.07) is 3.75. The number of rotatable bonds is 5. The summed E-state index contributed by atoms with van der Waals surface area (Å²) in [6.07, 6.45) is -2.27. The lowest BCUT2D eigenvalue weighted by molar-refractivity contribution is -0.140. The third kappa shape index (κ3) is 3.48. The van der Waals surface area contributed by atoms with Gasteiger partial charge in [0.05, 0.1) is 13.2 Å². The van der Waals surface area contributed by atoms with Crippen molar-refractivity contribution < 1.29 is 28.6 Å². The second kappa shape index (κ2) is 6.91. The molecular weight excluding hydrogens is 291 g/mol. The van der Waals surface area contributed by atoms with Gasteiger partial charge in [-0.2, -0.15) is 4.79 Å². The molecule has 0 aliphatic carbocycles. The molecule has 0 aliphatic rings. The monoisotopic (exact) mass is 300 g/mol. The fourth-order valence-electron chi connectivity index (χ4n) is 1.51. The van der Waals surface area contributed by atoms with Crippen LogP contribution in [0.1, 0.15) is 18.1 Å². The van der Waals surface area contributed by atoms with Crippen LogP contribution in [-0.4, -0.2) is 34.5 Å². The van der Waals surface area contributed by atoms with Crippen LogP contribution < -0.4 is 0 Å². The number of ether oxygens (including phenoxy) is 1. The maximum Gasteiger partial charge on any atom is 0.441 e. The first-order valence-electron chi connectivity index (χ1n) is 5.37. The Hall–Kier alpha value is -2.08. The first kappa shape index (κ1) is 16.0. The van der Waals surface area contributed by atoms with Gasteiger partial charge in [-0.3, -0.25) is 4.79 Å². The van der Waals surface area contributed by atoms with Crippen LogP contribution in [0.2, 0.25) is 5.02 Å². The molecule has 1 rings (SSSR count). The number of aliphatic hydroxyl groups is 1. The van der Waals surface area contributed by atoms with E-state index in [2.05, 4.69) is 9.53 Å². The van der Waals surface area contributed by atoms with E-state index in [4.69, 9.17) is 17.1 Å². The molecule has 0 aromatic heterocycles. The van der Waals surface area contributed by atoms with Crippen LogP contribution in [-0.2, 0) is 14.3 Å². The Bertz CT molecular complexity index is 579. The van der Waals surface area contributed by atoms with Gasteiger partial charge in [0.1, 0.15) is 5.82 Å². The molecule has 0 aliphatic heterocycles. The quantitative estimate of drug-likeness (QED) is 0.291. The molecule has 0 spiro atoms. The van der Waals surface area contributed by atoms with Gasteiger partial charge in [-0.25, -0.2) is 9.18 Å². The Kier molecular flexibility index (Phi) is 5.52. The molecule has 6 nitrogen and oxygen atoms in total. The zero-order valence-corrected chi connectivity index (χ0v) is 11.1. The second-order valence-electron chi connectivity index (χ2n) is 3.72. The molecule has 0 fully saturated rings. The van der Waals surface area contributed by atoms with E-state index >= 15 is 0 Å². The lowest BCUT2D eigenvalue weighted by Crippen LogP contribution is -2.28. The highest BCUT2D eigenvalue weighted by Crippen LogP contribution is 2.28. The van der Waals surface area contributed by atoms with Gasteiger partial charge in [-0.05, 0) is 12.1 Å². The number of benzene rings is 1. The van der Waals surface area contributed by atoms with Crippen LogP contribution >= 0.6 is 11.6 Å². The van der Waals surface area contributed by atoms with Crippen molar-refractivity contribution in [2.75, 3.05) is 7.11 Å². The molecule has 0 saturated heterocycles. The Morgan fingerprint density at radius 1 is 1.55 bits per heavy atom. The summed E-state index contributed by atoms with van der Waals surface area (Å²) in [4.78, 5) is 25.3. The molecule has 0 radical (unpaired) electrons. The first-order chi connectivity index (χ1) is 9.42. The van der Waals surface area contributed by atoms with E-state index < -0.39 is 35.8 Å². The number of nitrogens with zero attached hydrogens (tertiary/aromatic N) is 2. The van der Waals surface area contributed by atoms with Crippen molar-refractivity contribution in [1.29, 1.82) is 0 Å². The molecule has 0 amide bonds. The Balaban J connectivity index is 2.96. The summed E-state index contributed by atoms with van der Waals surface area (Å²) in [5, 5.41) is 9.75. The van der Waals surface area contributed by atoms with Gasteiger partial charge in [0.15, 0.2) is 0 Å². The van der Waals surface area contributed by atoms with Gasteiger partial charge >= 0.3 is 11.7 Å². The minimum atomic E-state index is -1.59. The summed E-state index contributed by atoms with van der Waals surface area (Å²) >= 11 is 5.73. The van der Waals surface area contributed by atoms with Gasteiger partial charge in [-0.15, -0.1) is 0 Å². The second-order valence-corrected chi connectivity index (χ2v) is 4.13. The zero-order chi connectivity index (χ0) is 15.3. The number of halogens is 2. The van der Waals surface area contributed by atoms with E-state index in [1.807, 2.05) is 0 Å². The van der Waals surface area contributed by atoms with E-state index in [1.165, 1.54) is 12.1 Å². The van der Waals surface area contributed by atoms with E-state index in [-0.39, 0.29) is 10.6 Å². The smallest absolute Gasteiger partial charge is 0.441 e. The van der Waals surface area contributed by atoms with Crippen molar-refractivity contribution in [3.8, 4) is 0 Å². The zero-order valence-electron chi connectivity index (χ0n) is 10.3. The maximum absolute atomic E-state index is 13.5. The standard InChI is InChI=1S/C12H10ClFN2O4/c1-20-12(19)11(16-15)9(18)5-8(17)10-6(13)3-2-4-7(10)14/h2-4,8,17H,5H2,1H3. The molecular formula is C12H10ClFN2O4. The Labute approximate surface area is 118 Å². The topological polar surface area (TPSA) is 100 Å². The number of aliphatic hydroxyl groups excluding tert-OH is 1. The summed E-state index contributed by atoms with van der Waals surface area (Å²) in [6.45, 7) is 0. The molecule has 0 saturated carbocycles. The van der Waals surface area contributed by atoms with Crippen LogP contribution in [0.3, 0.4) is 0 Å². The number of ketones is 1. The number of carbonyl (C=O) groups is 2. The summed E-state index contributed by atoms with van der Waals surface area (Å²) < 4.78 is 17.8. The highest BCUT2D eigenvalue weighted by molar-refractivity contribution is 6.62. The molecule has 106 valence electrons. The highest BCUT2D eigenvalue weighted by Gasteiger charge is 2.33. The number of esters is 1. The van der Waals surface area contributed by atoms with Crippen LogP contribution in [0, 0.1) is 5.82 Å². The van der Waals surface area contributed by atoms with Crippen molar-refractivity contribution in [1.82, 2.24) is 0 Å². The van der Waals surface area contributed by atoms with E-state index in [9.17, 15) is 19.1 Å². The first-order valence-corrected chi connectivity index (χ1v) is 5.75. The molecule has 20 heavy (non-hydrogen) atoms. The lowest BCUT2D eigenvalue weighted by Gasteiger charge is -2.11. The fourth-order valence-corrected chi connectivity index (χ4v) is 1.80. The summed E-state index contributed by atoms with van der Waals surface area (Å²) in [5.41, 5.74) is 7.41. The van der Waals surface area contributed by atoms with Crippen molar-refractivity contribution >= 4 is 29.1 Å². The maximum atomic E-state index is 13.5. The molecule has 1 atom stereocenters. The van der Waals surface area contributed by atoms with Crippen LogP contribution in [0.5, 0.6) is 0 Å². The average molecular weight is 301 g/mol. The average Bonchev–Trinajstić information content (AvgIpc) is 2.38. The molecule has 0 bridgehead atoms. The van der Waals surface area contributed by atoms with Gasteiger partial charge in [0.25, 0.3) is 5.78 Å². The fraction of sp³-hybridized carbons (Fsp3) is 0.250. The van der Waals surface area contributed by atoms with E-state index in [1.54, 1.807) is 0 Å². The van der Waals surface area contributed by atoms with Crippen molar-refractivity contribution in [3.05, 3.63) is 40.1 Å². The molecule has 1 aromatic rings. The number of methoxy groups -OCH3 is 1. The third-order valence-corrected chi connectivity index (χ3v) is 2.78. The predicted octanol–water partition coefficient (Wildman–Crippen LogP) is 1.32. The van der Waals surface area contributed by atoms with Crippen LogP contribution in [0.15, 0.2) is 18.2 Å². The number of Topliss-reactive ketones (excluding diaryl/α,β-unsaturated/α-hetero) is 1. The van der Waals surface area contributed by atoms with Crippen LogP contribution in [0.4, 0.5) is 4.39 Å². The molecule has 0 heterocycles. The largest absolute Gasteiger partial charge is 0.460 e. The SMILES string of the molecule is COC(=O)C(=[N+]=[N-])C(=O)CC(O)c1c(F)cccc1Cl. The van der Waals surface area contributed by atoms with Crippen molar-refractivity contribution in [3.63, 3.8) is 0 Å². The highest BCUT2D eigenvalue weighted by atomic mass is 35.5. The minimum absolute atomic E-state index is 0.0640. The van der Waals surface area contributed by atoms with Gasteiger partial charge in [0.2, 0.25) is 0 Å². The van der Waals surface area contributed by atoms with Gasteiger partial charge in [-0.1, -0.05) is 17.7 Å². The third-order valence-electron chi connectivity index (χ3n) is 2.45. The van der Waals surface area contributed by atoms with Crippen molar-refractivity contribution in [2.24, 2.45) is 0 Å². The van der Waals surface area contributed by atoms with E-state index in [0.29, 0.717) is 0 Å². The lowest BCUT2D eigenvalue weighted by atomic mass is 10.0. The molecule has 1 unspecified atom stereocenters. The Morgan fingerprint density at radius 3 is 2.70 bits per heavy atom. The minimum Gasteiger partial charge on any atom is -0.460 e. The number of carbonyl (C=O) groups excluding carboxylic acids is 2. The van der Waals surface area contributed by atoms with Crippen molar-refractivity contribution in [2.45, 2.75) is 12.5 Å². The van der Waals surface area contributed by atoms with Gasteiger partial charge in [0, 0.05) is 17.0 Å². The molecule has 8 heteroatoms. The predicted molar refractivity (Wildman–Crippen MR) is 66.6 cm³/mol. The number of hydrogen-bond donors (Lipinski definition) is 1. The Morgan fingerprint density at radius 2 is 2.20 bits per heavy atom. The molecule has 1 N–H and O–H groups in total. The van der Waals surface area contributed by atoms with Gasteiger partial charge < -0.3 is 15.4 Å². The van der Waals surface area contributed by atoms with Crippen LogP contribution in [0.25, 0.3) is 5.53 Å². The number of hydrogen-bond acceptors (Lipinski definition) is 4.